The lowest BCUT2D eigenvalue weighted by atomic mass is 10.0. The average molecular weight is 503 g/mol. The molecular weight excluding hydrogens is 468 g/mol. The van der Waals surface area contributed by atoms with Gasteiger partial charge >= 0.3 is 5.97 Å². The molecule has 190 valence electrons. The first-order valence-electron chi connectivity index (χ1n) is 11.6. The van der Waals surface area contributed by atoms with Gasteiger partial charge in [0.2, 0.25) is 10.0 Å². The predicted molar refractivity (Wildman–Crippen MR) is 132 cm³/mol. The van der Waals surface area contributed by atoms with Crippen LogP contribution >= 0.6 is 0 Å². The van der Waals surface area contributed by atoms with E-state index in [2.05, 4.69) is 9.97 Å². The molecule has 0 fully saturated rings. The van der Waals surface area contributed by atoms with Crippen LogP contribution in [0.4, 0.5) is 0 Å². The molecule has 1 atom stereocenters. The third-order valence-electron chi connectivity index (χ3n) is 5.76. The summed E-state index contributed by atoms with van der Waals surface area (Å²) in [5.41, 5.74) is 3.44. The Bertz CT molecular complexity index is 1220. The van der Waals surface area contributed by atoms with Crippen LogP contribution in [0.1, 0.15) is 44.3 Å². The van der Waals surface area contributed by atoms with E-state index in [1.807, 2.05) is 37.6 Å². The number of methoxy groups -OCH3 is 1. The van der Waals surface area contributed by atoms with Crippen molar-refractivity contribution in [1.29, 1.82) is 0 Å². The summed E-state index contributed by atoms with van der Waals surface area (Å²) >= 11 is 0. The molecule has 2 aliphatic heterocycles. The highest BCUT2D eigenvalue weighted by Crippen LogP contribution is 2.27. The number of esters is 1. The van der Waals surface area contributed by atoms with E-state index in [0.29, 0.717) is 25.4 Å². The Kier molecular flexibility index (Phi) is 8.63. The van der Waals surface area contributed by atoms with Crippen LogP contribution in [-0.2, 0) is 37.4 Å². The monoisotopic (exact) mass is 502 g/mol. The van der Waals surface area contributed by atoms with Gasteiger partial charge in [0.05, 0.1) is 22.9 Å². The molecule has 0 saturated heterocycles. The third kappa shape index (κ3) is 6.06. The highest BCUT2D eigenvalue weighted by Gasteiger charge is 2.34. The van der Waals surface area contributed by atoms with Gasteiger partial charge in [0.25, 0.3) is 0 Å². The predicted octanol–water partition coefficient (Wildman–Crippen LogP) is 3.48. The minimum absolute atomic E-state index is 0.119. The zero-order chi connectivity index (χ0) is 25.8. The van der Waals surface area contributed by atoms with E-state index in [9.17, 15) is 13.2 Å². The third-order valence-corrected chi connectivity index (χ3v) is 7.64. The molecule has 0 aliphatic carbocycles. The maximum absolute atomic E-state index is 13.3. The zero-order valence-electron chi connectivity index (χ0n) is 21.2. The highest BCUT2D eigenvalue weighted by molar-refractivity contribution is 7.89. The number of carbonyl (C=O) groups is 1. The molecule has 3 rings (SSSR count). The number of sulfonamides is 1. The van der Waals surface area contributed by atoms with Crippen molar-refractivity contribution in [2.75, 3.05) is 20.8 Å². The van der Waals surface area contributed by atoms with E-state index in [4.69, 9.17) is 9.47 Å². The van der Waals surface area contributed by atoms with E-state index < -0.39 is 22.0 Å². The molecule has 0 aromatic heterocycles. The summed E-state index contributed by atoms with van der Waals surface area (Å²) in [7, 11) is -0.844. The summed E-state index contributed by atoms with van der Waals surface area (Å²) < 4.78 is 40.2. The minimum Gasteiger partial charge on any atom is -0.465 e. The van der Waals surface area contributed by atoms with Crippen molar-refractivity contribution in [3.8, 4) is 11.4 Å². The molecule has 0 radical (unpaired) electrons. The van der Waals surface area contributed by atoms with Crippen molar-refractivity contribution in [2.45, 2.75) is 58.2 Å². The first-order valence-corrected chi connectivity index (χ1v) is 13.1. The Morgan fingerprint density at radius 1 is 1.14 bits per heavy atom. The second-order valence-corrected chi connectivity index (χ2v) is 10.9. The summed E-state index contributed by atoms with van der Waals surface area (Å²) in [5.74, 6) is 0.276. The van der Waals surface area contributed by atoms with Gasteiger partial charge in [-0.3, -0.25) is 4.79 Å². The second kappa shape index (κ2) is 11.3. The fourth-order valence-corrected chi connectivity index (χ4v) is 5.34. The van der Waals surface area contributed by atoms with Crippen LogP contribution in [0.3, 0.4) is 0 Å². The first kappa shape index (κ1) is 26.8. The number of hydrogen-bond acceptors (Lipinski definition) is 7. The Balaban J connectivity index is 1.88. The number of imidazole rings is 1. The van der Waals surface area contributed by atoms with Crippen LogP contribution in [0.15, 0.2) is 41.4 Å². The molecule has 35 heavy (non-hydrogen) atoms. The van der Waals surface area contributed by atoms with Crippen molar-refractivity contribution < 1.29 is 22.7 Å². The number of nitrogens with zero attached hydrogens (tertiary/aromatic N) is 4. The van der Waals surface area contributed by atoms with Crippen molar-refractivity contribution >= 4 is 16.0 Å². The van der Waals surface area contributed by atoms with Crippen LogP contribution in [0.25, 0.3) is 11.4 Å². The molecule has 0 bridgehead atoms. The molecular formula is C25H34N4O5S. The number of benzene rings is 1. The lowest BCUT2D eigenvalue weighted by Gasteiger charge is -2.27. The average Bonchev–Trinajstić information content (AvgIpc) is 3.19. The molecule has 0 saturated carbocycles. The summed E-state index contributed by atoms with van der Waals surface area (Å²) in [6.45, 7) is 7.99. The van der Waals surface area contributed by atoms with Gasteiger partial charge in [-0.25, -0.2) is 18.4 Å². The number of aromatic nitrogens is 3. The molecule has 1 aromatic carbocycles. The number of pyridine rings is 1. The number of ether oxygens (including phenoxy) is 2. The number of hydrogen-bond donors (Lipinski definition) is 0. The molecule has 0 unspecified atom stereocenters. The lowest BCUT2D eigenvalue weighted by Crippen LogP contribution is -2.44. The SMILES string of the molecule is CCOC(=O)[C@H](CC(C)C)N(C)S(=O)(=O)c1ccc(Cc2c3nc(C)nc-3ccn2COC)cc1. The van der Waals surface area contributed by atoms with Gasteiger partial charge in [0, 0.05) is 26.8 Å². The van der Waals surface area contributed by atoms with E-state index in [1.54, 1.807) is 38.3 Å². The molecule has 2 aliphatic rings. The highest BCUT2D eigenvalue weighted by atomic mass is 32.2. The van der Waals surface area contributed by atoms with Gasteiger partial charge in [0.15, 0.2) is 0 Å². The van der Waals surface area contributed by atoms with Gasteiger partial charge in [-0.05, 0) is 49.9 Å². The maximum Gasteiger partial charge on any atom is 0.324 e. The van der Waals surface area contributed by atoms with Crippen LogP contribution in [0, 0.1) is 12.8 Å². The minimum atomic E-state index is -3.90. The van der Waals surface area contributed by atoms with E-state index >= 15 is 0 Å². The van der Waals surface area contributed by atoms with Crippen LogP contribution in [0.2, 0.25) is 0 Å². The number of fused-ring (bicyclic) bond motifs is 1. The van der Waals surface area contributed by atoms with Crippen molar-refractivity contribution in [1.82, 2.24) is 18.8 Å². The number of aryl methyl sites for hydroxylation is 1. The normalized spacial score (nSPS) is 13.0. The smallest absolute Gasteiger partial charge is 0.324 e. The number of carbonyl (C=O) groups excluding carboxylic acids is 1. The first-order chi connectivity index (χ1) is 16.6. The largest absolute Gasteiger partial charge is 0.465 e. The van der Waals surface area contributed by atoms with Gasteiger partial charge < -0.3 is 14.0 Å². The summed E-state index contributed by atoms with van der Waals surface area (Å²) in [4.78, 5) is 21.6. The van der Waals surface area contributed by atoms with Gasteiger partial charge in [-0.15, -0.1) is 0 Å². The van der Waals surface area contributed by atoms with Gasteiger partial charge in [-0.1, -0.05) is 26.0 Å². The molecule has 0 spiro atoms. The fraction of sp³-hybridized carbons (Fsp3) is 0.480. The molecule has 10 heteroatoms. The standard InChI is InChI=1S/C25H34N4O5S/c1-7-34-25(30)23(14-17(2)3)28(5)35(31,32)20-10-8-19(9-11-20)15-22-24-21(26-18(4)27-24)12-13-29(22)16-33-6/h8-13,17,23H,7,14-16H2,1-6H3/t23-/m0/s1. The quantitative estimate of drug-likeness (QED) is 0.370. The van der Waals surface area contributed by atoms with Gasteiger partial charge in [0.1, 0.15) is 24.3 Å². The van der Waals surface area contributed by atoms with Crippen molar-refractivity contribution in [3.63, 3.8) is 0 Å². The van der Waals surface area contributed by atoms with Gasteiger partial charge in [-0.2, -0.15) is 4.31 Å². The fourth-order valence-electron chi connectivity index (χ4n) is 4.02. The topological polar surface area (TPSA) is 104 Å². The Morgan fingerprint density at radius 3 is 2.43 bits per heavy atom. The molecule has 0 N–H and O–H groups in total. The second-order valence-electron chi connectivity index (χ2n) is 8.89. The van der Waals surface area contributed by atoms with E-state index in [0.717, 1.165) is 27.0 Å². The lowest BCUT2D eigenvalue weighted by molar-refractivity contribution is -0.147. The number of likely N-dealkylation sites (N-methyl/N-ethyl adjacent to an activating group) is 1. The van der Waals surface area contributed by atoms with Crippen molar-refractivity contribution in [2.24, 2.45) is 5.92 Å². The Hall–Kier alpha value is -2.82. The van der Waals surface area contributed by atoms with E-state index in [1.165, 1.54) is 7.05 Å². The number of rotatable bonds is 11. The molecule has 2 heterocycles. The molecule has 9 nitrogen and oxygen atoms in total. The van der Waals surface area contributed by atoms with E-state index in [-0.39, 0.29) is 17.4 Å². The summed E-state index contributed by atoms with van der Waals surface area (Å²) in [6, 6.07) is 7.72. The maximum atomic E-state index is 13.3. The molecule has 1 aromatic rings. The summed E-state index contributed by atoms with van der Waals surface area (Å²) in [5, 5.41) is 0. The summed E-state index contributed by atoms with van der Waals surface area (Å²) in [6.07, 6.45) is 2.80. The molecule has 0 amide bonds. The Labute approximate surface area is 207 Å². The zero-order valence-corrected chi connectivity index (χ0v) is 22.0. The van der Waals surface area contributed by atoms with Crippen LogP contribution < -0.4 is 0 Å². The van der Waals surface area contributed by atoms with Crippen molar-refractivity contribution in [3.05, 3.63) is 53.6 Å². The Morgan fingerprint density at radius 2 is 1.83 bits per heavy atom. The van der Waals surface area contributed by atoms with Crippen LogP contribution in [-0.4, -0.2) is 60.0 Å². The van der Waals surface area contributed by atoms with Crippen LogP contribution in [0.5, 0.6) is 0 Å².